The molecule has 0 unspecified atom stereocenters. The summed E-state index contributed by atoms with van der Waals surface area (Å²) in [5, 5.41) is 3.53. The van der Waals surface area contributed by atoms with E-state index in [9.17, 15) is 22.4 Å². The second kappa shape index (κ2) is 14.8. The van der Waals surface area contributed by atoms with Crippen molar-refractivity contribution in [3.63, 3.8) is 0 Å². The number of hydrogen-bond donors (Lipinski definition) is 1. The van der Waals surface area contributed by atoms with Gasteiger partial charge in [0, 0.05) is 33.1 Å². The van der Waals surface area contributed by atoms with Gasteiger partial charge < -0.3 is 10.2 Å². The standard InChI is InChI=1S/C30H35Cl2FN4O4S/c1-5-21(2)34-30(39)28(18-22-11-7-6-8-12-22)36(19-23-15-16-24(31)25(32)17-23)29(38)20-37(42(40,41)35(3)4)27-14-10-9-13-26(27)33/h6-17,21,28H,5,18-20H2,1-4H3,(H,34,39)/t21-,28-/m1/s1. The average Bonchev–Trinajstić information content (AvgIpc) is 2.96. The van der Waals surface area contributed by atoms with Crippen LogP contribution in [0.4, 0.5) is 10.1 Å². The summed E-state index contributed by atoms with van der Waals surface area (Å²) in [6.45, 7) is 2.93. The quantitative estimate of drug-likeness (QED) is 0.276. The van der Waals surface area contributed by atoms with Crippen molar-refractivity contribution in [2.45, 2.75) is 45.3 Å². The van der Waals surface area contributed by atoms with Gasteiger partial charge >= 0.3 is 10.2 Å². The van der Waals surface area contributed by atoms with Crippen molar-refractivity contribution in [2.75, 3.05) is 24.9 Å². The second-order valence-corrected chi connectivity index (χ2v) is 12.9. The Bertz CT molecular complexity index is 1490. The highest BCUT2D eigenvalue weighted by Crippen LogP contribution is 2.26. The van der Waals surface area contributed by atoms with Crippen LogP contribution in [0.3, 0.4) is 0 Å². The molecule has 3 aromatic rings. The Balaban J connectivity index is 2.13. The van der Waals surface area contributed by atoms with E-state index in [1.807, 2.05) is 44.2 Å². The Morgan fingerprint density at radius 2 is 1.57 bits per heavy atom. The number of nitrogens with one attached hydrogen (secondary N) is 1. The molecule has 0 bridgehead atoms. The molecule has 2 atom stereocenters. The fourth-order valence-corrected chi connectivity index (χ4v) is 5.57. The van der Waals surface area contributed by atoms with E-state index in [2.05, 4.69) is 5.32 Å². The maximum Gasteiger partial charge on any atom is 0.304 e. The second-order valence-electron chi connectivity index (χ2n) is 10.0. The molecule has 3 aromatic carbocycles. The number of benzene rings is 3. The minimum Gasteiger partial charge on any atom is -0.352 e. The van der Waals surface area contributed by atoms with E-state index < -0.39 is 40.4 Å². The zero-order valence-electron chi connectivity index (χ0n) is 23.9. The van der Waals surface area contributed by atoms with Crippen LogP contribution >= 0.6 is 23.2 Å². The first kappa shape index (κ1) is 33.3. The van der Waals surface area contributed by atoms with Crippen LogP contribution in [0.15, 0.2) is 72.8 Å². The van der Waals surface area contributed by atoms with Crippen LogP contribution < -0.4 is 9.62 Å². The molecule has 0 aromatic heterocycles. The van der Waals surface area contributed by atoms with Gasteiger partial charge in [0.15, 0.2) is 0 Å². The number of carbonyl (C=O) groups excluding carboxylic acids is 2. The Morgan fingerprint density at radius 1 is 0.929 bits per heavy atom. The van der Waals surface area contributed by atoms with Crippen LogP contribution in [-0.2, 0) is 32.8 Å². The lowest BCUT2D eigenvalue weighted by molar-refractivity contribution is -0.140. The Hall–Kier alpha value is -3.18. The van der Waals surface area contributed by atoms with Gasteiger partial charge in [-0.15, -0.1) is 0 Å². The van der Waals surface area contributed by atoms with Gasteiger partial charge in [-0.25, -0.2) is 8.70 Å². The van der Waals surface area contributed by atoms with Gasteiger partial charge in [-0.3, -0.25) is 9.59 Å². The van der Waals surface area contributed by atoms with E-state index in [4.69, 9.17) is 23.2 Å². The predicted molar refractivity (Wildman–Crippen MR) is 165 cm³/mol. The van der Waals surface area contributed by atoms with Crippen molar-refractivity contribution in [3.8, 4) is 0 Å². The predicted octanol–water partition coefficient (Wildman–Crippen LogP) is 5.30. The molecule has 0 spiro atoms. The summed E-state index contributed by atoms with van der Waals surface area (Å²) >= 11 is 12.4. The highest BCUT2D eigenvalue weighted by Gasteiger charge is 2.35. The van der Waals surface area contributed by atoms with Crippen LogP contribution in [0.25, 0.3) is 0 Å². The van der Waals surface area contributed by atoms with E-state index in [0.717, 1.165) is 15.9 Å². The number of amides is 2. The molecule has 0 fully saturated rings. The SMILES string of the molecule is CC[C@@H](C)NC(=O)[C@@H](Cc1ccccc1)N(Cc1ccc(Cl)c(Cl)c1)C(=O)CN(c1ccccc1F)S(=O)(=O)N(C)C. The molecule has 0 aliphatic rings. The first-order chi connectivity index (χ1) is 19.8. The molecule has 0 radical (unpaired) electrons. The summed E-state index contributed by atoms with van der Waals surface area (Å²) in [5.41, 5.74) is 1.07. The third-order valence-electron chi connectivity index (χ3n) is 6.75. The van der Waals surface area contributed by atoms with E-state index in [1.165, 1.54) is 37.2 Å². The molecule has 1 N–H and O–H groups in total. The average molecular weight is 638 g/mol. The summed E-state index contributed by atoms with van der Waals surface area (Å²) in [6, 6.07) is 18.1. The maximum absolute atomic E-state index is 14.9. The van der Waals surface area contributed by atoms with Gasteiger partial charge in [0.2, 0.25) is 11.8 Å². The highest BCUT2D eigenvalue weighted by molar-refractivity contribution is 7.90. The number of rotatable bonds is 13. The Morgan fingerprint density at radius 3 is 2.17 bits per heavy atom. The molecule has 2 amide bonds. The van der Waals surface area contributed by atoms with Crippen LogP contribution in [-0.4, -0.2) is 62.2 Å². The van der Waals surface area contributed by atoms with Gasteiger partial charge in [0.05, 0.1) is 15.7 Å². The van der Waals surface area contributed by atoms with Gasteiger partial charge in [0.1, 0.15) is 18.4 Å². The first-order valence-corrected chi connectivity index (χ1v) is 15.5. The zero-order chi connectivity index (χ0) is 31.0. The van der Waals surface area contributed by atoms with Crippen molar-refractivity contribution in [1.82, 2.24) is 14.5 Å². The van der Waals surface area contributed by atoms with E-state index in [0.29, 0.717) is 21.3 Å². The van der Waals surface area contributed by atoms with E-state index in [-0.39, 0.29) is 29.7 Å². The number of anilines is 1. The normalized spacial score (nSPS) is 13.0. The van der Waals surface area contributed by atoms with Crippen molar-refractivity contribution in [1.29, 1.82) is 0 Å². The molecular weight excluding hydrogens is 602 g/mol. The fourth-order valence-electron chi connectivity index (χ4n) is 4.19. The summed E-state index contributed by atoms with van der Waals surface area (Å²) in [7, 11) is -1.73. The third kappa shape index (κ3) is 8.44. The van der Waals surface area contributed by atoms with Gasteiger partial charge in [0.25, 0.3) is 0 Å². The number of halogens is 3. The molecule has 0 heterocycles. The molecule has 0 saturated carbocycles. The molecule has 0 aliphatic carbocycles. The van der Waals surface area contributed by atoms with Gasteiger partial charge in [-0.05, 0) is 48.7 Å². The molecule has 8 nitrogen and oxygen atoms in total. The van der Waals surface area contributed by atoms with E-state index >= 15 is 0 Å². The van der Waals surface area contributed by atoms with Gasteiger partial charge in [-0.2, -0.15) is 12.7 Å². The topological polar surface area (TPSA) is 90.0 Å². The lowest BCUT2D eigenvalue weighted by Crippen LogP contribution is -2.55. The molecule has 3 rings (SSSR count). The number of carbonyl (C=O) groups is 2. The summed E-state index contributed by atoms with van der Waals surface area (Å²) in [5.74, 6) is -1.94. The largest absolute Gasteiger partial charge is 0.352 e. The molecule has 226 valence electrons. The van der Waals surface area contributed by atoms with Crippen LogP contribution in [0, 0.1) is 5.82 Å². The Kier molecular flexibility index (Phi) is 11.8. The first-order valence-electron chi connectivity index (χ1n) is 13.4. The lowest BCUT2D eigenvalue weighted by Gasteiger charge is -2.35. The molecule has 42 heavy (non-hydrogen) atoms. The van der Waals surface area contributed by atoms with E-state index in [1.54, 1.807) is 18.2 Å². The summed E-state index contributed by atoms with van der Waals surface area (Å²) in [6.07, 6.45) is 0.809. The Labute approximate surface area is 257 Å². The monoisotopic (exact) mass is 636 g/mol. The number of para-hydroxylation sites is 1. The lowest BCUT2D eigenvalue weighted by atomic mass is 10.0. The number of nitrogens with zero attached hydrogens (tertiary/aromatic N) is 3. The van der Waals surface area contributed by atoms with Crippen molar-refractivity contribution < 1.29 is 22.4 Å². The molecule has 12 heteroatoms. The van der Waals surface area contributed by atoms with Crippen LogP contribution in [0.2, 0.25) is 10.0 Å². The maximum atomic E-state index is 14.9. The molecular formula is C30H35Cl2FN4O4S. The minimum atomic E-state index is -4.32. The minimum absolute atomic E-state index is 0.0890. The van der Waals surface area contributed by atoms with Crippen LogP contribution in [0.1, 0.15) is 31.4 Å². The number of hydrogen-bond acceptors (Lipinski definition) is 4. The molecule has 0 saturated heterocycles. The van der Waals surface area contributed by atoms with Crippen molar-refractivity contribution in [2.24, 2.45) is 0 Å². The summed E-state index contributed by atoms with van der Waals surface area (Å²) in [4.78, 5) is 29.2. The molecule has 0 aliphatic heterocycles. The summed E-state index contributed by atoms with van der Waals surface area (Å²) < 4.78 is 43.3. The highest BCUT2D eigenvalue weighted by atomic mass is 35.5. The van der Waals surface area contributed by atoms with Crippen molar-refractivity contribution >= 4 is 50.9 Å². The fraction of sp³-hybridized carbons (Fsp3) is 0.333. The van der Waals surface area contributed by atoms with Crippen LogP contribution in [0.5, 0.6) is 0 Å². The zero-order valence-corrected chi connectivity index (χ0v) is 26.3. The smallest absolute Gasteiger partial charge is 0.304 e. The van der Waals surface area contributed by atoms with Gasteiger partial charge in [-0.1, -0.05) is 78.7 Å². The third-order valence-corrected chi connectivity index (χ3v) is 9.29. The van der Waals surface area contributed by atoms with Crippen molar-refractivity contribution in [3.05, 3.63) is 99.8 Å².